The summed E-state index contributed by atoms with van der Waals surface area (Å²) in [5.41, 5.74) is 7.29. The molecule has 2 aliphatic carbocycles. The molecule has 0 heterocycles. The van der Waals surface area contributed by atoms with Gasteiger partial charge in [0.2, 0.25) is 0 Å². The molecule has 3 nitrogen and oxygen atoms in total. The molecule has 0 amide bonds. The van der Waals surface area contributed by atoms with Gasteiger partial charge in [-0.15, -0.1) is 0 Å². The molecule has 0 aromatic rings. The smallest absolute Gasteiger partial charge is 0.140 e. The van der Waals surface area contributed by atoms with E-state index in [0.717, 1.165) is 19.3 Å². The predicted molar refractivity (Wildman–Crippen MR) is 71.9 cm³/mol. The van der Waals surface area contributed by atoms with Crippen LogP contribution in [0.3, 0.4) is 0 Å². The molecule has 0 radical (unpaired) electrons. The first-order valence-corrected chi connectivity index (χ1v) is 7.13. The molecule has 1 saturated carbocycles. The third-order valence-corrected chi connectivity index (χ3v) is 4.66. The van der Waals surface area contributed by atoms with Gasteiger partial charge < -0.3 is 10.8 Å². The van der Waals surface area contributed by atoms with Crippen molar-refractivity contribution in [3.63, 3.8) is 0 Å². The van der Waals surface area contributed by atoms with Crippen LogP contribution in [-0.4, -0.2) is 23.5 Å². The quantitative estimate of drug-likeness (QED) is 0.753. The highest BCUT2D eigenvalue weighted by Crippen LogP contribution is 2.43. The van der Waals surface area contributed by atoms with E-state index in [1.807, 2.05) is 0 Å². The summed E-state index contributed by atoms with van der Waals surface area (Å²) in [5, 5.41) is 9.60. The van der Waals surface area contributed by atoms with Crippen molar-refractivity contribution in [3.8, 4) is 0 Å². The van der Waals surface area contributed by atoms with Gasteiger partial charge in [0.25, 0.3) is 0 Å². The third-order valence-electron chi connectivity index (χ3n) is 4.66. The number of ketones is 1. The van der Waals surface area contributed by atoms with E-state index >= 15 is 0 Å². The Hall–Kier alpha value is -0.670. The summed E-state index contributed by atoms with van der Waals surface area (Å²) in [7, 11) is 0. The molecule has 3 N–H and O–H groups in total. The highest BCUT2D eigenvalue weighted by molar-refractivity contribution is 5.85. The summed E-state index contributed by atoms with van der Waals surface area (Å²) in [6.45, 7) is 4.28. The van der Waals surface area contributed by atoms with E-state index in [1.165, 1.54) is 5.57 Å². The van der Waals surface area contributed by atoms with Crippen LogP contribution in [0.25, 0.3) is 0 Å². The van der Waals surface area contributed by atoms with Crippen molar-refractivity contribution in [1.29, 1.82) is 0 Å². The molecule has 2 aliphatic rings. The number of fused-ring (bicyclic) bond motifs is 1. The molecule has 102 valence electrons. The lowest BCUT2D eigenvalue weighted by atomic mass is 9.64. The fourth-order valence-corrected chi connectivity index (χ4v) is 3.56. The summed E-state index contributed by atoms with van der Waals surface area (Å²) >= 11 is 0. The predicted octanol–water partition coefficient (Wildman–Crippen LogP) is 1.89. The highest BCUT2D eigenvalue weighted by Gasteiger charge is 2.40. The maximum atomic E-state index is 12.3. The Morgan fingerprint density at radius 2 is 2.22 bits per heavy atom. The number of allylic oxidation sites excluding steroid dienone is 1. The number of hydrogen-bond acceptors (Lipinski definition) is 3. The van der Waals surface area contributed by atoms with Gasteiger partial charge in [0.15, 0.2) is 0 Å². The zero-order valence-electron chi connectivity index (χ0n) is 11.4. The molecule has 2 rings (SSSR count). The van der Waals surface area contributed by atoms with Gasteiger partial charge in [-0.25, -0.2) is 0 Å². The number of nitrogens with two attached hydrogens (primary N) is 1. The lowest BCUT2D eigenvalue weighted by Gasteiger charge is -2.40. The van der Waals surface area contributed by atoms with Crippen molar-refractivity contribution in [2.24, 2.45) is 29.4 Å². The number of carbonyl (C=O) groups excluding carboxylic acids is 1. The van der Waals surface area contributed by atoms with Gasteiger partial charge in [0.1, 0.15) is 5.78 Å². The zero-order chi connectivity index (χ0) is 13.3. The summed E-state index contributed by atoms with van der Waals surface area (Å²) < 4.78 is 0. The minimum atomic E-state index is -0.0544. The Balaban J connectivity index is 2.27. The van der Waals surface area contributed by atoms with Crippen molar-refractivity contribution in [3.05, 3.63) is 11.6 Å². The monoisotopic (exact) mass is 251 g/mol. The van der Waals surface area contributed by atoms with E-state index in [-0.39, 0.29) is 24.5 Å². The Morgan fingerprint density at radius 3 is 2.83 bits per heavy atom. The number of Topliss-reactive ketones (excluding diaryl/α,β-unsaturated/α-hetero) is 1. The van der Waals surface area contributed by atoms with Crippen LogP contribution in [0.4, 0.5) is 0 Å². The lowest BCUT2D eigenvalue weighted by Crippen LogP contribution is -2.41. The molecule has 0 aromatic carbocycles. The number of rotatable bonds is 3. The molecule has 2 unspecified atom stereocenters. The Bertz CT molecular complexity index is 348. The first-order valence-electron chi connectivity index (χ1n) is 7.13. The van der Waals surface area contributed by atoms with Crippen molar-refractivity contribution in [1.82, 2.24) is 0 Å². The van der Waals surface area contributed by atoms with Gasteiger partial charge in [0, 0.05) is 25.0 Å². The fraction of sp³-hybridized carbons (Fsp3) is 0.800. The van der Waals surface area contributed by atoms with Crippen molar-refractivity contribution >= 4 is 5.78 Å². The molecule has 18 heavy (non-hydrogen) atoms. The second-order valence-electron chi connectivity index (χ2n) is 6.21. The van der Waals surface area contributed by atoms with Gasteiger partial charge in [-0.1, -0.05) is 25.5 Å². The number of hydrogen-bond donors (Lipinski definition) is 2. The van der Waals surface area contributed by atoms with E-state index in [1.54, 1.807) is 0 Å². The van der Waals surface area contributed by atoms with Crippen LogP contribution < -0.4 is 5.73 Å². The van der Waals surface area contributed by atoms with Crippen LogP contribution in [0.15, 0.2) is 11.6 Å². The SMILES string of the molecule is CC(C)C(CO)[C@@H]1C(=O)CC[C@@H]2CC(N)CC=C21. The van der Waals surface area contributed by atoms with Gasteiger partial charge >= 0.3 is 0 Å². The molecule has 1 fully saturated rings. The molecular formula is C15H25NO2. The first-order chi connectivity index (χ1) is 8.54. The standard InChI is InChI=1S/C15H25NO2/c1-9(2)13(8-17)15-12-5-4-11(16)7-10(12)3-6-14(15)18/h5,9-11,13,15,17H,3-4,6-8,16H2,1-2H3/t10-,11?,13?,15-/m1/s1. The summed E-state index contributed by atoms with van der Waals surface area (Å²) in [5.74, 6) is 1.14. The lowest BCUT2D eigenvalue weighted by molar-refractivity contribution is -0.126. The number of carbonyl (C=O) groups is 1. The van der Waals surface area contributed by atoms with Crippen molar-refractivity contribution < 1.29 is 9.90 Å². The van der Waals surface area contributed by atoms with E-state index in [9.17, 15) is 9.90 Å². The summed E-state index contributed by atoms with van der Waals surface area (Å²) in [4.78, 5) is 12.3. The molecule has 3 heteroatoms. The normalized spacial score (nSPS) is 34.2. The molecule has 0 bridgehead atoms. The molecule has 0 aliphatic heterocycles. The largest absolute Gasteiger partial charge is 0.396 e. The van der Waals surface area contributed by atoms with Crippen LogP contribution in [0.1, 0.15) is 39.5 Å². The van der Waals surface area contributed by atoms with Crippen LogP contribution >= 0.6 is 0 Å². The molecular weight excluding hydrogens is 226 g/mol. The van der Waals surface area contributed by atoms with Gasteiger partial charge in [-0.2, -0.15) is 0 Å². The van der Waals surface area contributed by atoms with E-state index in [0.29, 0.717) is 24.0 Å². The van der Waals surface area contributed by atoms with Crippen molar-refractivity contribution in [2.45, 2.75) is 45.6 Å². The van der Waals surface area contributed by atoms with E-state index in [2.05, 4.69) is 19.9 Å². The van der Waals surface area contributed by atoms with Crippen LogP contribution in [-0.2, 0) is 4.79 Å². The fourth-order valence-electron chi connectivity index (χ4n) is 3.56. The Morgan fingerprint density at radius 1 is 1.50 bits per heavy atom. The zero-order valence-corrected chi connectivity index (χ0v) is 11.4. The second kappa shape index (κ2) is 5.54. The summed E-state index contributed by atoms with van der Waals surface area (Å²) in [6.07, 6.45) is 5.68. The van der Waals surface area contributed by atoms with Gasteiger partial charge in [0.05, 0.1) is 0 Å². The average molecular weight is 251 g/mol. The van der Waals surface area contributed by atoms with Gasteiger partial charge in [-0.05, 0) is 37.0 Å². The number of aliphatic hydroxyl groups is 1. The van der Waals surface area contributed by atoms with Crippen LogP contribution in [0.5, 0.6) is 0 Å². The third kappa shape index (κ3) is 2.52. The number of aliphatic hydroxyl groups excluding tert-OH is 1. The Kier molecular flexibility index (Phi) is 4.23. The van der Waals surface area contributed by atoms with Gasteiger partial charge in [-0.3, -0.25) is 4.79 Å². The van der Waals surface area contributed by atoms with Crippen LogP contribution in [0, 0.1) is 23.7 Å². The molecule has 0 spiro atoms. The average Bonchev–Trinajstić information content (AvgIpc) is 2.32. The minimum absolute atomic E-state index is 0.0544. The van der Waals surface area contributed by atoms with E-state index < -0.39 is 0 Å². The summed E-state index contributed by atoms with van der Waals surface area (Å²) in [6, 6.07) is 0.249. The first kappa shape index (κ1) is 13.8. The maximum Gasteiger partial charge on any atom is 0.140 e. The topological polar surface area (TPSA) is 63.3 Å². The molecule has 0 saturated heterocycles. The Labute approximate surface area is 109 Å². The highest BCUT2D eigenvalue weighted by atomic mass is 16.3. The molecule has 4 atom stereocenters. The van der Waals surface area contributed by atoms with Crippen molar-refractivity contribution in [2.75, 3.05) is 6.61 Å². The van der Waals surface area contributed by atoms with E-state index in [4.69, 9.17) is 5.73 Å². The van der Waals surface area contributed by atoms with Crippen LogP contribution in [0.2, 0.25) is 0 Å². The molecule has 0 aromatic heterocycles. The second-order valence-corrected chi connectivity index (χ2v) is 6.21. The minimum Gasteiger partial charge on any atom is -0.396 e. The maximum absolute atomic E-state index is 12.3.